The molecule has 0 saturated carbocycles. The quantitative estimate of drug-likeness (QED) is 0.583. The largest absolute Gasteiger partial charge is 0.496 e. The molecule has 6 heteroatoms. The first-order chi connectivity index (χ1) is 9.42. The SMILES string of the molecule is COc1cc(CNC(C)CCN(C)C)cc([N+](=O)[O-])c1. The Morgan fingerprint density at radius 3 is 2.65 bits per heavy atom. The lowest BCUT2D eigenvalue weighted by Crippen LogP contribution is -2.29. The number of rotatable bonds is 8. The number of hydrogen-bond donors (Lipinski definition) is 1. The summed E-state index contributed by atoms with van der Waals surface area (Å²) in [5, 5.41) is 14.2. The van der Waals surface area contributed by atoms with E-state index < -0.39 is 4.92 Å². The lowest BCUT2D eigenvalue weighted by Gasteiger charge is -2.17. The second-order valence-electron chi connectivity index (χ2n) is 5.17. The predicted octanol–water partition coefficient (Wildman–Crippen LogP) is 2.03. The van der Waals surface area contributed by atoms with Gasteiger partial charge >= 0.3 is 0 Å². The van der Waals surface area contributed by atoms with E-state index in [1.807, 2.05) is 20.2 Å². The maximum atomic E-state index is 10.9. The maximum absolute atomic E-state index is 10.9. The zero-order valence-electron chi connectivity index (χ0n) is 12.5. The zero-order chi connectivity index (χ0) is 15.1. The molecule has 0 aliphatic rings. The third kappa shape index (κ3) is 5.54. The highest BCUT2D eigenvalue weighted by Gasteiger charge is 2.11. The molecule has 1 unspecified atom stereocenters. The van der Waals surface area contributed by atoms with Gasteiger partial charge in [0.15, 0.2) is 0 Å². The molecule has 20 heavy (non-hydrogen) atoms. The Hall–Kier alpha value is -1.66. The summed E-state index contributed by atoms with van der Waals surface area (Å²) in [6.45, 7) is 3.71. The average Bonchev–Trinajstić information content (AvgIpc) is 2.42. The molecule has 1 rings (SSSR count). The number of non-ortho nitro benzene ring substituents is 1. The van der Waals surface area contributed by atoms with Crippen LogP contribution in [0.2, 0.25) is 0 Å². The number of methoxy groups -OCH3 is 1. The van der Waals surface area contributed by atoms with Gasteiger partial charge in [-0.25, -0.2) is 0 Å². The standard InChI is InChI=1S/C14H23N3O3/c1-11(5-6-16(2)3)15-10-12-7-13(17(18)19)9-14(8-12)20-4/h7-9,11,15H,5-6,10H2,1-4H3. The van der Waals surface area contributed by atoms with Crippen molar-refractivity contribution >= 4 is 5.69 Å². The molecule has 1 atom stereocenters. The van der Waals surface area contributed by atoms with Gasteiger partial charge in [-0.15, -0.1) is 0 Å². The number of nitrogens with zero attached hydrogens (tertiary/aromatic N) is 2. The van der Waals surface area contributed by atoms with Crippen LogP contribution in [0.5, 0.6) is 5.75 Å². The molecule has 0 aliphatic carbocycles. The Morgan fingerprint density at radius 2 is 2.10 bits per heavy atom. The lowest BCUT2D eigenvalue weighted by atomic mass is 10.1. The maximum Gasteiger partial charge on any atom is 0.273 e. The second kappa shape index (κ2) is 7.81. The summed E-state index contributed by atoms with van der Waals surface area (Å²) >= 11 is 0. The van der Waals surface area contributed by atoms with Crippen LogP contribution in [-0.4, -0.2) is 43.6 Å². The van der Waals surface area contributed by atoms with E-state index in [1.165, 1.54) is 13.2 Å². The molecular formula is C14H23N3O3. The number of nitrogens with one attached hydrogen (secondary N) is 1. The third-order valence-electron chi connectivity index (χ3n) is 3.06. The second-order valence-corrected chi connectivity index (χ2v) is 5.17. The van der Waals surface area contributed by atoms with E-state index in [2.05, 4.69) is 17.1 Å². The fourth-order valence-corrected chi connectivity index (χ4v) is 1.81. The van der Waals surface area contributed by atoms with Gasteiger partial charge < -0.3 is 15.0 Å². The van der Waals surface area contributed by atoms with Crippen molar-refractivity contribution in [1.29, 1.82) is 0 Å². The molecule has 1 aromatic carbocycles. The van der Waals surface area contributed by atoms with Crippen LogP contribution in [0, 0.1) is 10.1 Å². The Labute approximate surface area is 119 Å². The van der Waals surface area contributed by atoms with Crippen molar-refractivity contribution in [3.05, 3.63) is 33.9 Å². The van der Waals surface area contributed by atoms with E-state index in [0.717, 1.165) is 18.5 Å². The summed E-state index contributed by atoms with van der Waals surface area (Å²) in [5.41, 5.74) is 0.912. The molecular weight excluding hydrogens is 258 g/mol. The van der Waals surface area contributed by atoms with Crippen molar-refractivity contribution in [3.8, 4) is 5.75 Å². The third-order valence-corrected chi connectivity index (χ3v) is 3.06. The zero-order valence-corrected chi connectivity index (χ0v) is 12.5. The van der Waals surface area contributed by atoms with Crippen LogP contribution in [0.15, 0.2) is 18.2 Å². The minimum absolute atomic E-state index is 0.0575. The molecule has 1 N–H and O–H groups in total. The van der Waals surface area contributed by atoms with Crippen LogP contribution in [0.25, 0.3) is 0 Å². The van der Waals surface area contributed by atoms with Crippen LogP contribution in [0.4, 0.5) is 5.69 Å². The van der Waals surface area contributed by atoms with Gasteiger partial charge in [0.2, 0.25) is 0 Å². The number of benzene rings is 1. The van der Waals surface area contributed by atoms with Gasteiger partial charge in [0, 0.05) is 18.7 Å². The minimum atomic E-state index is -0.401. The Bertz CT molecular complexity index is 449. The Morgan fingerprint density at radius 1 is 1.40 bits per heavy atom. The molecule has 0 radical (unpaired) electrons. The molecule has 112 valence electrons. The molecule has 0 spiro atoms. The summed E-state index contributed by atoms with van der Waals surface area (Å²) in [6, 6.07) is 5.17. The fraction of sp³-hybridized carbons (Fsp3) is 0.571. The van der Waals surface area contributed by atoms with E-state index >= 15 is 0 Å². The molecule has 0 aromatic heterocycles. The van der Waals surface area contributed by atoms with Crippen molar-refractivity contribution in [2.45, 2.75) is 25.9 Å². The van der Waals surface area contributed by atoms with Crippen LogP contribution in [0.1, 0.15) is 18.9 Å². The molecule has 0 amide bonds. The van der Waals surface area contributed by atoms with Gasteiger partial charge in [-0.1, -0.05) is 0 Å². The van der Waals surface area contributed by atoms with Gasteiger partial charge in [0.05, 0.1) is 18.1 Å². The first kappa shape index (κ1) is 16.4. The Kier molecular flexibility index (Phi) is 6.41. The van der Waals surface area contributed by atoms with Crippen LogP contribution < -0.4 is 10.1 Å². The van der Waals surface area contributed by atoms with Crippen molar-refractivity contribution in [2.75, 3.05) is 27.7 Å². The predicted molar refractivity (Wildman–Crippen MR) is 79.1 cm³/mol. The van der Waals surface area contributed by atoms with Crippen molar-refractivity contribution in [1.82, 2.24) is 10.2 Å². The highest BCUT2D eigenvalue weighted by molar-refractivity contribution is 5.42. The Balaban J connectivity index is 2.62. The fourth-order valence-electron chi connectivity index (χ4n) is 1.81. The van der Waals surface area contributed by atoms with Crippen molar-refractivity contribution in [2.24, 2.45) is 0 Å². The first-order valence-electron chi connectivity index (χ1n) is 6.63. The molecule has 6 nitrogen and oxygen atoms in total. The highest BCUT2D eigenvalue weighted by atomic mass is 16.6. The smallest absolute Gasteiger partial charge is 0.273 e. The molecule has 0 fully saturated rings. The molecule has 0 aliphatic heterocycles. The van der Waals surface area contributed by atoms with E-state index in [0.29, 0.717) is 18.3 Å². The number of hydrogen-bond acceptors (Lipinski definition) is 5. The van der Waals surface area contributed by atoms with Gasteiger partial charge in [0.25, 0.3) is 5.69 Å². The van der Waals surface area contributed by atoms with E-state index in [1.54, 1.807) is 6.07 Å². The number of ether oxygens (including phenoxy) is 1. The average molecular weight is 281 g/mol. The molecule has 0 saturated heterocycles. The summed E-state index contributed by atoms with van der Waals surface area (Å²) in [6.07, 6.45) is 1.03. The number of nitro benzene ring substituents is 1. The summed E-state index contributed by atoms with van der Waals surface area (Å²) in [5.74, 6) is 0.511. The summed E-state index contributed by atoms with van der Waals surface area (Å²) < 4.78 is 5.09. The van der Waals surface area contributed by atoms with Gasteiger partial charge in [0.1, 0.15) is 5.75 Å². The van der Waals surface area contributed by atoms with E-state index in [9.17, 15) is 10.1 Å². The van der Waals surface area contributed by atoms with E-state index in [-0.39, 0.29) is 5.69 Å². The minimum Gasteiger partial charge on any atom is -0.496 e. The van der Waals surface area contributed by atoms with Crippen molar-refractivity contribution < 1.29 is 9.66 Å². The molecule has 0 heterocycles. The van der Waals surface area contributed by atoms with Crippen LogP contribution in [-0.2, 0) is 6.54 Å². The topological polar surface area (TPSA) is 67.6 Å². The number of nitro groups is 1. The first-order valence-corrected chi connectivity index (χ1v) is 6.63. The summed E-state index contributed by atoms with van der Waals surface area (Å²) in [4.78, 5) is 12.6. The normalized spacial score (nSPS) is 12.4. The highest BCUT2D eigenvalue weighted by Crippen LogP contribution is 2.22. The van der Waals surface area contributed by atoms with Crippen molar-refractivity contribution in [3.63, 3.8) is 0 Å². The molecule has 1 aromatic rings. The van der Waals surface area contributed by atoms with Gasteiger partial charge in [-0.2, -0.15) is 0 Å². The van der Waals surface area contributed by atoms with Crippen LogP contribution in [0.3, 0.4) is 0 Å². The van der Waals surface area contributed by atoms with E-state index in [4.69, 9.17) is 4.74 Å². The monoisotopic (exact) mass is 281 g/mol. The molecule has 0 bridgehead atoms. The van der Waals surface area contributed by atoms with Crippen LogP contribution >= 0.6 is 0 Å². The van der Waals surface area contributed by atoms with Gasteiger partial charge in [-0.05, 0) is 45.6 Å². The summed E-state index contributed by atoms with van der Waals surface area (Å²) in [7, 11) is 5.59. The lowest BCUT2D eigenvalue weighted by molar-refractivity contribution is -0.385. The van der Waals surface area contributed by atoms with Gasteiger partial charge in [-0.3, -0.25) is 10.1 Å².